The molecule has 0 saturated heterocycles. The van der Waals surface area contributed by atoms with Gasteiger partial charge in [-0.3, -0.25) is 9.78 Å². The topological polar surface area (TPSA) is 60.7 Å². The van der Waals surface area contributed by atoms with Gasteiger partial charge in [-0.2, -0.15) is 0 Å². The Morgan fingerprint density at radius 1 is 1.19 bits per heavy atom. The van der Waals surface area contributed by atoms with E-state index in [4.69, 9.17) is 0 Å². The fourth-order valence-electron chi connectivity index (χ4n) is 2.27. The first-order valence-corrected chi connectivity index (χ1v) is 6.63. The average molecular weight is 278 g/mol. The van der Waals surface area contributed by atoms with Crippen LogP contribution in [0, 0.1) is 6.92 Å². The van der Waals surface area contributed by atoms with Crippen molar-refractivity contribution >= 4 is 6.29 Å². The van der Waals surface area contributed by atoms with Gasteiger partial charge in [0.05, 0.1) is 6.54 Å². The second kappa shape index (κ2) is 5.66. The third-order valence-corrected chi connectivity index (χ3v) is 3.39. The highest BCUT2D eigenvalue weighted by molar-refractivity contribution is 5.82. The Bertz CT molecular complexity index is 765. The number of aromatic nitrogens is 4. The molecule has 2 aromatic heterocycles. The van der Waals surface area contributed by atoms with E-state index in [2.05, 4.69) is 28.3 Å². The molecule has 0 aliphatic carbocycles. The van der Waals surface area contributed by atoms with E-state index in [0.29, 0.717) is 17.9 Å². The van der Waals surface area contributed by atoms with Crippen molar-refractivity contribution in [3.8, 4) is 11.3 Å². The van der Waals surface area contributed by atoms with Crippen molar-refractivity contribution in [1.82, 2.24) is 20.0 Å². The van der Waals surface area contributed by atoms with E-state index >= 15 is 0 Å². The van der Waals surface area contributed by atoms with Crippen LogP contribution in [0.3, 0.4) is 0 Å². The van der Waals surface area contributed by atoms with Gasteiger partial charge in [0.1, 0.15) is 5.69 Å². The summed E-state index contributed by atoms with van der Waals surface area (Å²) in [5.41, 5.74) is 4.18. The van der Waals surface area contributed by atoms with Crippen molar-refractivity contribution in [2.75, 3.05) is 0 Å². The maximum atomic E-state index is 11.2. The van der Waals surface area contributed by atoms with Crippen molar-refractivity contribution < 1.29 is 4.79 Å². The standard InChI is InChI=1S/C16H14N4O/c1-12-5-2-3-6-14(12)10-20-16(15(11-21)18-19-20)13-7-4-8-17-9-13/h2-9,11H,10H2,1H3. The van der Waals surface area contributed by atoms with Crippen LogP contribution >= 0.6 is 0 Å². The molecule has 3 aromatic rings. The molecule has 0 bridgehead atoms. The maximum absolute atomic E-state index is 11.2. The number of aryl methyl sites for hydroxylation is 1. The Hall–Kier alpha value is -2.82. The summed E-state index contributed by atoms with van der Waals surface area (Å²) in [6, 6.07) is 11.8. The van der Waals surface area contributed by atoms with Gasteiger partial charge in [0, 0.05) is 18.0 Å². The van der Waals surface area contributed by atoms with E-state index in [-0.39, 0.29) is 0 Å². The van der Waals surface area contributed by atoms with Gasteiger partial charge >= 0.3 is 0 Å². The van der Waals surface area contributed by atoms with E-state index in [1.165, 1.54) is 5.56 Å². The number of benzene rings is 1. The van der Waals surface area contributed by atoms with Crippen LogP contribution in [0.1, 0.15) is 21.6 Å². The molecular formula is C16H14N4O. The molecule has 0 N–H and O–H groups in total. The zero-order valence-electron chi connectivity index (χ0n) is 11.6. The minimum atomic E-state index is 0.330. The summed E-state index contributed by atoms with van der Waals surface area (Å²) in [6.45, 7) is 2.62. The van der Waals surface area contributed by atoms with Gasteiger partial charge in [0.2, 0.25) is 0 Å². The number of pyridine rings is 1. The van der Waals surface area contributed by atoms with Crippen LogP contribution in [0.4, 0.5) is 0 Å². The summed E-state index contributed by atoms with van der Waals surface area (Å²) < 4.78 is 1.74. The molecule has 0 aliphatic rings. The zero-order valence-corrected chi connectivity index (χ0v) is 11.6. The first-order chi connectivity index (χ1) is 10.3. The monoisotopic (exact) mass is 278 g/mol. The van der Waals surface area contributed by atoms with Crippen molar-refractivity contribution in [3.63, 3.8) is 0 Å². The molecule has 0 amide bonds. The lowest BCUT2D eigenvalue weighted by Crippen LogP contribution is -2.06. The fourth-order valence-corrected chi connectivity index (χ4v) is 2.27. The van der Waals surface area contributed by atoms with Crippen LogP contribution in [0.2, 0.25) is 0 Å². The number of rotatable bonds is 4. The number of carbonyl (C=O) groups excluding carboxylic acids is 1. The molecule has 5 heteroatoms. The molecule has 0 spiro atoms. The second-order valence-corrected chi connectivity index (χ2v) is 4.77. The summed E-state index contributed by atoms with van der Waals surface area (Å²) in [5, 5.41) is 8.06. The van der Waals surface area contributed by atoms with Gasteiger partial charge in [-0.1, -0.05) is 29.5 Å². The number of hydrogen-bond donors (Lipinski definition) is 0. The molecule has 0 fully saturated rings. The zero-order chi connectivity index (χ0) is 14.7. The molecule has 1 aromatic carbocycles. The van der Waals surface area contributed by atoms with Crippen molar-refractivity contribution in [2.45, 2.75) is 13.5 Å². The molecule has 0 atom stereocenters. The van der Waals surface area contributed by atoms with Gasteiger partial charge in [0.25, 0.3) is 0 Å². The Labute approximate surface area is 122 Å². The van der Waals surface area contributed by atoms with Crippen molar-refractivity contribution in [1.29, 1.82) is 0 Å². The fraction of sp³-hybridized carbons (Fsp3) is 0.125. The normalized spacial score (nSPS) is 10.5. The SMILES string of the molecule is Cc1ccccc1Cn1nnc(C=O)c1-c1cccnc1. The van der Waals surface area contributed by atoms with Crippen LogP contribution < -0.4 is 0 Å². The summed E-state index contributed by atoms with van der Waals surface area (Å²) >= 11 is 0. The number of nitrogens with zero attached hydrogens (tertiary/aromatic N) is 4. The number of aldehydes is 1. The summed E-state index contributed by atoms with van der Waals surface area (Å²) in [7, 11) is 0. The quantitative estimate of drug-likeness (QED) is 0.688. The lowest BCUT2D eigenvalue weighted by molar-refractivity contribution is 0.111. The molecule has 5 nitrogen and oxygen atoms in total. The highest BCUT2D eigenvalue weighted by Crippen LogP contribution is 2.21. The lowest BCUT2D eigenvalue weighted by Gasteiger charge is -2.09. The van der Waals surface area contributed by atoms with E-state index in [1.807, 2.05) is 30.3 Å². The predicted molar refractivity (Wildman–Crippen MR) is 78.9 cm³/mol. The molecule has 0 saturated carbocycles. The second-order valence-electron chi connectivity index (χ2n) is 4.77. The molecule has 104 valence electrons. The molecule has 21 heavy (non-hydrogen) atoms. The molecular weight excluding hydrogens is 264 g/mol. The summed E-state index contributed by atoms with van der Waals surface area (Å²) in [4.78, 5) is 15.3. The molecule has 2 heterocycles. The van der Waals surface area contributed by atoms with E-state index in [9.17, 15) is 4.79 Å². The Morgan fingerprint density at radius 3 is 2.76 bits per heavy atom. The lowest BCUT2D eigenvalue weighted by atomic mass is 10.1. The first kappa shape index (κ1) is 13.2. The predicted octanol–water partition coefficient (Wildman–Crippen LogP) is 2.51. The van der Waals surface area contributed by atoms with Crippen molar-refractivity contribution in [2.24, 2.45) is 0 Å². The highest BCUT2D eigenvalue weighted by atomic mass is 16.1. The highest BCUT2D eigenvalue weighted by Gasteiger charge is 2.15. The van der Waals surface area contributed by atoms with E-state index in [0.717, 1.165) is 17.4 Å². The largest absolute Gasteiger partial charge is 0.296 e. The third kappa shape index (κ3) is 2.58. The third-order valence-electron chi connectivity index (χ3n) is 3.39. The van der Waals surface area contributed by atoms with Gasteiger partial charge < -0.3 is 0 Å². The Kier molecular flexibility index (Phi) is 3.55. The van der Waals surface area contributed by atoms with Gasteiger partial charge in [-0.25, -0.2) is 4.68 Å². The smallest absolute Gasteiger partial charge is 0.172 e. The Morgan fingerprint density at radius 2 is 2.05 bits per heavy atom. The Balaban J connectivity index is 2.06. The number of carbonyl (C=O) groups is 1. The number of hydrogen-bond acceptors (Lipinski definition) is 4. The molecule has 0 unspecified atom stereocenters. The summed E-state index contributed by atoms with van der Waals surface area (Å²) in [5.74, 6) is 0. The van der Waals surface area contributed by atoms with Crippen molar-refractivity contribution in [3.05, 3.63) is 65.6 Å². The molecule has 3 rings (SSSR count). The van der Waals surface area contributed by atoms with Gasteiger partial charge in [0.15, 0.2) is 12.0 Å². The van der Waals surface area contributed by atoms with Gasteiger partial charge in [-0.05, 0) is 30.2 Å². The van der Waals surface area contributed by atoms with Crippen LogP contribution in [0.25, 0.3) is 11.3 Å². The minimum absolute atomic E-state index is 0.330. The molecule has 0 radical (unpaired) electrons. The van der Waals surface area contributed by atoms with Crippen LogP contribution in [0.5, 0.6) is 0 Å². The first-order valence-electron chi connectivity index (χ1n) is 6.63. The van der Waals surface area contributed by atoms with Gasteiger partial charge in [-0.15, -0.1) is 5.10 Å². The maximum Gasteiger partial charge on any atom is 0.172 e. The van der Waals surface area contributed by atoms with Crippen LogP contribution in [0.15, 0.2) is 48.8 Å². The van der Waals surface area contributed by atoms with Crippen LogP contribution in [-0.2, 0) is 6.54 Å². The van der Waals surface area contributed by atoms with E-state index in [1.54, 1.807) is 17.1 Å². The molecule has 0 aliphatic heterocycles. The summed E-state index contributed by atoms with van der Waals surface area (Å²) in [6.07, 6.45) is 4.13. The minimum Gasteiger partial charge on any atom is -0.296 e. The average Bonchev–Trinajstić information content (AvgIpc) is 2.93. The van der Waals surface area contributed by atoms with E-state index < -0.39 is 0 Å². The van der Waals surface area contributed by atoms with Crippen LogP contribution in [-0.4, -0.2) is 26.3 Å².